The first-order valence-corrected chi connectivity index (χ1v) is 7.17. The standard InChI is InChI=1S/C16H14N6O/c17-22-21-15-6-5-12(10-20-15)16(23)18-8-7-11-9-19-14-4-2-1-3-13(11)14/h1-6,9-10,19H,7-8H2,(H-,18,20,21,23)/p+1. The Hall–Kier alpha value is -3.40. The van der Waals surface area contributed by atoms with E-state index in [1.807, 2.05) is 24.4 Å². The number of nitrogens with one attached hydrogen (secondary N) is 3. The van der Waals surface area contributed by atoms with Crippen molar-refractivity contribution in [3.63, 3.8) is 0 Å². The van der Waals surface area contributed by atoms with Crippen LogP contribution in [-0.4, -0.2) is 22.4 Å². The molecular formula is C16H15N6O+. The molecule has 0 aliphatic heterocycles. The molecule has 0 atom stereocenters. The Morgan fingerprint density at radius 3 is 2.91 bits per heavy atom. The second kappa shape index (κ2) is 6.58. The third-order valence-electron chi connectivity index (χ3n) is 3.55. The quantitative estimate of drug-likeness (QED) is 0.498. The van der Waals surface area contributed by atoms with Crippen LogP contribution in [-0.2, 0) is 6.42 Å². The van der Waals surface area contributed by atoms with Crippen molar-refractivity contribution >= 4 is 22.6 Å². The number of amides is 1. The number of fused-ring (bicyclic) bond motifs is 1. The van der Waals surface area contributed by atoms with E-state index in [4.69, 9.17) is 5.39 Å². The average Bonchev–Trinajstić information content (AvgIpc) is 2.99. The Morgan fingerprint density at radius 2 is 2.13 bits per heavy atom. The van der Waals surface area contributed by atoms with Crippen LogP contribution >= 0.6 is 0 Å². The highest BCUT2D eigenvalue weighted by Crippen LogP contribution is 2.17. The number of hydrogen-bond acceptors (Lipinski definition) is 4. The third-order valence-corrected chi connectivity index (χ3v) is 3.55. The molecule has 0 saturated carbocycles. The lowest BCUT2D eigenvalue weighted by molar-refractivity contribution is 0.0954. The highest BCUT2D eigenvalue weighted by atomic mass is 16.1. The predicted octanol–water partition coefficient (Wildman–Crippen LogP) is 2.72. The zero-order chi connectivity index (χ0) is 16.1. The first-order valence-electron chi connectivity index (χ1n) is 7.17. The predicted molar refractivity (Wildman–Crippen MR) is 87.3 cm³/mol. The van der Waals surface area contributed by atoms with E-state index in [1.54, 1.807) is 12.1 Å². The van der Waals surface area contributed by atoms with Gasteiger partial charge in [-0.05, 0) is 30.2 Å². The van der Waals surface area contributed by atoms with Crippen molar-refractivity contribution in [2.75, 3.05) is 12.0 Å². The van der Waals surface area contributed by atoms with Crippen molar-refractivity contribution in [3.8, 4) is 0 Å². The average molecular weight is 307 g/mol. The molecule has 0 radical (unpaired) electrons. The number of para-hydroxylation sites is 1. The molecule has 2 aromatic heterocycles. The van der Waals surface area contributed by atoms with Crippen molar-refractivity contribution in [2.24, 2.45) is 0 Å². The number of carbonyl (C=O) groups is 1. The minimum Gasteiger partial charge on any atom is -0.361 e. The molecule has 3 N–H and O–H groups in total. The molecule has 2 heterocycles. The van der Waals surface area contributed by atoms with Gasteiger partial charge in [-0.1, -0.05) is 18.2 Å². The fourth-order valence-corrected chi connectivity index (χ4v) is 2.40. The third kappa shape index (κ3) is 3.27. The second-order valence-electron chi connectivity index (χ2n) is 5.01. The highest BCUT2D eigenvalue weighted by molar-refractivity contribution is 5.94. The van der Waals surface area contributed by atoms with Crippen LogP contribution in [0.3, 0.4) is 0 Å². The molecule has 3 aromatic rings. The number of diazo groups is 1. The van der Waals surface area contributed by atoms with Gasteiger partial charge in [0.2, 0.25) is 5.82 Å². The summed E-state index contributed by atoms with van der Waals surface area (Å²) < 4.78 is 0. The van der Waals surface area contributed by atoms with Gasteiger partial charge < -0.3 is 10.3 Å². The van der Waals surface area contributed by atoms with Crippen LogP contribution in [0.1, 0.15) is 15.9 Å². The molecule has 0 unspecified atom stereocenters. The van der Waals surface area contributed by atoms with E-state index < -0.39 is 0 Å². The molecule has 114 valence electrons. The zero-order valence-corrected chi connectivity index (χ0v) is 12.3. The number of H-pyrrole nitrogens is 1. The first-order chi connectivity index (χ1) is 11.3. The Balaban J connectivity index is 1.58. The van der Waals surface area contributed by atoms with E-state index in [9.17, 15) is 4.79 Å². The lowest BCUT2D eigenvalue weighted by atomic mass is 10.1. The van der Waals surface area contributed by atoms with Gasteiger partial charge in [-0.3, -0.25) is 4.79 Å². The summed E-state index contributed by atoms with van der Waals surface area (Å²) in [5, 5.41) is 15.2. The molecule has 0 aliphatic rings. The van der Waals surface area contributed by atoms with Crippen LogP contribution in [0.15, 0.2) is 48.8 Å². The molecule has 3 rings (SSSR count). The Morgan fingerprint density at radius 1 is 1.26 bits per heavy atom. The number of benzene rings is 1. The van der Waals surface area contributed by atoms with Crippen molar-refractivity contribution in [2.45, 2.75) is 6.42 Å². The van der Waals surface area contributed by atoms with E-state index in [0.29, 0.717) is 17.9 Å². The normalized spacial score (nSPS) is 10.2. The molecule has 7 heteroatoms. The van der Waals surface area contributed by atoms with Crippen LogP contribution < -0.4 is 10.7 Å². The summed E-state index contributed by atoms with van der Waals surface area (Å²) in [4.78, 5) is 19.2. The molecule has 0 spiro atoms. The van der Waals surface area contributed by atoms with Crippen molar-refractivity contribution in [1.29, 1.82) is 5.39 Å². The fraction of sp³-hybridized carbons (Fsp3) is 0.125. The Labute approximate surface area is 132 Å². The highest BCUT2D eigenvalue weighted by Gasteiger charge is 2.08. The summed E-state index contributed by atoms with van der Waals surface area (Å²) in [5.41, 5.74) is 5.00. The number of carbonyl (C=O) groups excluding carboxylic acids is 1. The van der Waals surface area contributed by atoms with E-state index in [1.165, 1.54) is 17.1 Å². The molecule has 0 aliphatic carbocycles. The summed E-state index contributed by atoms with van der Waals surface area (Å²) in [7, 11) is 0. The largest absolute Gasteiger partial charge is 0.361 e. The van der Waals surface area contributed by atoms with Gasteiger partial charge in [0.15, 0.2) is 0 Å². The maximum atomic E-state index is 12.1. The van der Waals surface area contributed by atoms with Crippen molar-refractivity contribution < 1.29 is 4.79 Å². The number of anilines is 1. The number of rotatable bonds is 5. The molecule has 1 aromatic carbocycles. The molecule has 7 nitrogen and oxygen atoms in total. The van der Waals surface area contributed by atoms with Gasteiger partial charge in [-0.25, -0.2) is 4.98 Å². The maximum absolute atomic E-state index is 12.1. The van der Waals surface area contributed by atoms with Gasteiger partial charge in [-0.15, -0.1) is 0 Å². The van der Waals surface area contributed by atoms with Crippen LogP contribution in [0, 0.1) is 5.39 Å². The SMILES string of the molecule is N#[N+]Nc1ccc(C(=O)NCCc2c[nH]c3ccccc23)cn1. The van der Waals surface area contributed by atoms with Gasteiger partial charge in [0, 0.05) is 35.3 Å². The van der Waals surface area contributed by atoms with Crippen LogP contribution in [0.25, 0.3) is 16.0 Å². The van der Waals surface area contributed by atoms with Crippen molar-refractivity contribution in [3.05, 3.63) is 65.0 Å². The topological polar surface area (TPSA) is 98.0 Å². The number of pyridine rings is 1. The number of hydrogen-bond donors (Lipinski definition) is 3. The zero-order valence-electron chi connectivity index (χ0n) is 12.3. The van der Waals surface area contributed by atoms with Gasteiger partial charge >= 0.3 is 5.08 Å². The molecule has 23 heavy (non-hydrogen) atoms. The monoisotopic (exact) mass is 307 g/mol. The Kier molecular flexibility index (Phi) is 4.16. The number of aromatic amines is 1. The van der Waals surface area contributed by atoms with Gasteiger partial charge in [0.1, 0.15) is 0 Å². The Bertz CT molecular complexity index is 862. The van der Waals surface area contributed by atoms with Crippen molar-refractivity contribution in [1.82, 2.24) is 15.3 Å². The lowest BCUT2D eigenvalue weighted by Gasteiger charge is -2.04. The summed E-state index contributed by atoms with van der Waals surface area (Å²) in [5.74, 6) is 0.174. The maximum Gasteiger partial charge on any atom is 0.309 e. The lowest BCUT2D eigenvalue weighted by Crippen LogP contribution is -2.25. The smallest absolute Gasteiger partial charge is 0.309 e. The summed E-state index contributed by atoms with van der Waals surface area (Å²) in [6, 6.07) is 11.2. The molecule has 0 fully saturated rings. The van der Waals surface area contributed by atoms with E-state index in [2.05, 4.69) is 31.9 Å². The fourth-order valence-electron chi connectivity index (χ4n) is 2.40. The van der Waals surface area contributed by atoms with Crippen LogP contribution in [0.4, 0.5) is 5.82 Å². The summed E-state index contributed by atoms with van der Waals surface area (Å²) >= 11 is 0. The van der Waals surface area contributed by atoms with E-state index in [0.717, 1.165) is 11.9 Å². The molecule has 1 amide bonds. The van der Waals surface area contributed by atoms with Crippen LogP contribution in [0.5, 0.6) is 0 Å². The van der Waals surface area contributed by atoms with Gasteiger partial charge in [0.25, 0.3) is 11.3 Å². The van der Waals surface area contributed by atoms with Gasteiger partial charge in [-0.2, -0.15) is 0 Å². The van der Waals surface area contributed by atoms with E-state index in [-0.39, 0.29) is 5.91 Å². The van der Waals surface area contributed by atoms with E-state index >= 15 is 0 Å². The number of aromatic nitrogens is 2. The summed E-state index contributed by atoms with van der Waals surface area (Å²) in [6.07, 6.45) is 4.14. The first kappa shape index (κ1) is 14.5. The molecule has 0 bridgehead atoms. The minimum absolute atomic E-state index is 0.190. The van der Waals surface area contributed by atoms with Gasteiger partial charge in [0.05, 0.1) is 5.56 Å². The molecular weight excluding hydrogens is 292 g/mol. The molecule has 0 saturated heterocycles. The van der Waals surface area contributed by atoms with Crippen LogP contribution in [0.2, 0.25) is 0 Å². The number of nitrogens with zero attached hydrogens (tertiary/aromatic N) is 3. The summed E-state index contributed by atoms with van der Waals surface area (Å²) in [6.45, 7) is 0.534. The second-order valence-corrected chi connectivity index (χ2v) is 5.01. The minimum atomic E-state index is -0.190.